The Hall–Kier alpha value is -3.13. The normalized spacial score (nSPS) is 17.6. The molecule has 1 amide bonds. The van der Waals surface area contributed by atoms with Crippen LogP contribution in [0.5, 0.6) is 0 Å². The molecule has 0 unspecified atom stereocenters. The third-order valence-electron chi connectivity index (χ3n) is 3.29. The van der Waals surface area contributed by atoms with E-state index in [0.717, 1.165) is 11.3 Å². The molecule has 25 heavy (non-hydrogen) atoms. The minimum absolute atomic E-state index is 0.243. The topological polar surface area (TPSA) is 97.7 Å². The van der Waals surface area contributed by atoms with Crippen LogP contribution in [0.4, 0.5) is 11.6 Å². The number of amidine groups is 1. The number of carbonyl (C=O) groups is 1. The van der Waals surface area contributed by atoms with E-state index in [-0.39, 0.29) is 11.8 Å². The van der Waals surface area contributed by atoms with Gasteiger partial charge in [-0.05, 0) is 48.5 Å². The quantitative estimate of drug-likeness (QED) is 0.509. The molecule has 8 heteroatoms. The number of furan rings is 1. The molecular formula is C17H13N3O4S. The van der Waals surface area contributed by atoms with Gasteiger partial charge in [0.1, 0.15) is 10.7 Å². The maximum Gasteiger partial charge on any atom is 0.433 e. The first-order chi connectivity index (χ1) is 12.0. The average Bonchev–Trinajstić information content (AvgIpc) is 3.17. The fourth-order valence-corrected chi connectivity index (χ4v) is 2.84. The maximum absolute atomic E-state index is 12.0. The molecule has 126 valence electrons. The molecule has 3 rings (SSSR count). The summed E-state index contributed by atoms with van der Waals surface area (Å²) >= 11 is 1.23. The highest BCUT2D eigenvalue weighted by atomic mass is 32.2. The molecular weight excluding hydrogens is 342 g/mol. The van der Waals surface area contributed by atoms with E-state index in [1.165, 1.54) is 23.9 Å². The van der Waals surface area contributed by atoms with Crippen molar-refractivity contribution in [2.24, 2.45) is 4.99 Å². The number of para-hydroxylation sites is 1. The lowest BCUT2D eigenvalue weighted by atomic mass is 10.2. The van der Waals surface area contributed by atoms with Crippen LogP contribution in [0.15, 0.2) is 62.9 Å². The summed E-state index contributed by atoms with van der Waals surface area (Å²) in [5.41, 5.74) is 1.81. The van der Waals surface area contributed by atoms with Gasteiger partial charge in [0.05, 0.1) is 16.7 Å². The molecule has 1 aromatic carbocycles. The monoisotopic (exact) mass is 355 g/mol. The summed E-state index contributed by atoms with van der Waals surface area (Å²) < 4.78 is 5.00. The SMILES string of the molecule is Cc1ccccc1N=C1NC(=O)/C(=C/C=C/c2ccc([N+](=O)[O-])o2)S1. The summed E-state index contributed by atoms with van der Waals surface area (Å²) in [4.78, 5) is 26.8. The van der Waals surface area contributed by atoms with E-state index in [9.17, 15) is 14.9 Å². The number of rotatable bonds is 4. The Morgan fingerprint density at radius 2 is 2.08 bits per heavy atom. The molecule has 0 radical (unpaired) electrons. The Morgan fingerprint density at radius 1 is 1.28 bits per heavy atom. The Labute approximate surface area is 147 Å². The van der Waals surface area contributed by atoms with Crippen molar-refractivity contribution in [3.63, 3.8) is 0 Å². The molecule has 0 spiro atoms. The van der Waals surface area contributed by atoms with Crippen molar-refractivity contribution in [2.75, 3.05) is 0 Å². The molecule has 0 aliphatic carbocycles. The summed E-state index contributed by atoms with van der Waals surface area (Å²) in [5.74, 6) is -0.235. The lowest BCUT2D eigenvalue weighted by molar-refractivity contribution is -0.402. The Bertz CT molecular complexity index is 927. The number of nitro groups is 1. The van der Waals surface area contributed by atoms with Gasteiger partial charge in [-0.15, -0.1) is 0 Å². The number of carbonyl (C=O) groups excluding carboxylic acids is 1. The van der Waals surface area contributed by atoms with Crippen LogP contribution in [-0.4, -0.2) is 16.0 Å². The zero-order valence-electron chi connectivity index (χ0n) is 13.1. The van der Waals surface area contributed by atoms with Gasteiger partial charge in [-0.2, -0.15) is 0 Å². The van der Waals surface area contributed by atoms with Crippen molar-refractivity contribution in [1.29, 1.82) is 0 Å². The maximum atomic E-state index is 12.0. The van der Waals surface area contributed by atoms with Gasteiger partial charge in [0.15, 0.2) is 5.17 Å². The largest absolute Gasteiger partial charge is 0.433 e. The van der Waals surface area contributed by atoms with Crippen molar-refractivity contribution < 1.29 is 14.1 Å². The van der Waals surface area contributed by atoms with Gasteiger partial charge in [0.25, 0.3) is 5.91 Å². The van der Waals surface area contributed by atoms with Gasteiger partial charge < -0.3 is 9.73 Å². The number of thioether (sulfide) groups is 1. The van der Waals surface area contributed by atoms with Crippen molar-refractivity contribution in [1.82, 2.24) is 5.32 Å². The second-order valence-electron chi connectivity index (χ2n) is 5.08. The number of hydrogen-bond donors (Lipinski definition) is 1. The summed E-state index contributed by atoms with van der Waals surface area (Å²) in [6.45, 7) is 1.95. The highest BCUT2D eigenvalue weighted by Gasteiger charge is 2.23. The van der Waals surface area contributed by atoms with Gasteiger partial charge in [-0.1, -0.05) is 24.3 Å². The summed E-state index contributed by atoms with van der Waals surface area (Å²) in [7, 11) is 0. The first-order valence-corrected chi connectivity index (χ1v) is 8.11. The second-order valence-corrected chi connectivity index (χ2v) is 6.11. The first-order valence-electron chi connectivity index (χ1n) is 7.29. The fraction of sp³-hybridized carbons (Fsp3) is 0.0588. The minimum Gasteiger partial charge on any atom is -0.401 e. The molecule has 7 nitrogen and oxygen atoms in total. The van der Waals surface area contributed by atoms with E-state index in [1.54, 1.807) is 18.2 Å². The molecule has 1 aliphatic rings. The lowest BCUT2D eigenvalue weighted by Crippen LogP contribution is -2.19. The first kappa shape index (κ1) is 16.7. The third-order valence-corrected chi connectivity index (χ3v) is 4.22. The molecule has 1 saturated heterocycles. The third kappa shape index (κ3) is 4.04. The molecule has 1 aromatic heterocycles. The highest BCUT2D eigenvalue weighted by molar-refractivity contribution is 8.18. The Balaban J connectivity index is 1.71. The fourth-order valence-electron chi connectivity index (χ4n) is 2.05. The average molecular weight is 355 g/mol. The highest BCUT2D eigenvalue weighted by Crippen LogP contribution is 2.27. The van der Waals surface area contributed by atoms with Crippen LogP contribution in [0.3, 0.4) is 0 Å². The molecule has 2 heterocycles. The smallest absolute Gasteiger partial charge is 0.401 e. The van der Waals surface area contributed by atoms with Crippen LogP contribution in [0, 0.1) is 17.0 Å². The van der Waals surface area contributed by atoms with E-state index in [1.807, 2.05) is 31.2 Å². The number of amides is 1. The molecule has 1 aliphatic heterocycles. The van der Waals surface area contributed by atoms with E-state index in [2.05, 4.69) is 10.3 Å². The molecule has 2 aromatic rings. The van der Waals surface area contributed by atoms with Gasteiger partial charge in [0, 0.05) is 0 Å². The Morgan fingerprint density at radius 3 is 2.80 bits per heavy atom. The van der Waals surface area contributed by atoms with Crippen LogP contribution < -0.4 is 5.32 Å². The van der Waals surface area contributed by atoms with Crippen molar-refractivity contribution in [3.8, 4) is 0 Å². The van der Waals surface area contributed by atoms with Crippen molar-refractivity contribution >= 4 is 40.5 Å². The Kier molecular flexibility index (Phi) is 4.80. The number of aliphatic imine (C=N–C) groups is 1. The number of benzene rings is 1. The van der Waals surface area contributed by atoms with E-state index >= 15 is 0 Å². The van der Waals surface area contributed by atoms with Crippen LogP contribution in [-0.2, 0) is 4.79 Å². The number of nitrogens with zero attached hydrogens (tertiary/aromatic N) is 2. The zero-order valence-corrected chi connectivity index (χ0v) is 13.9. The van der Waals surface area contributed by atoms with Crippen LogP contribution in [0.25, 0.3) is 6.08 Å². The molecule has 1 N–H and O–H groups in total. The number of hydrogen-bond acceptors (Lipinski definition) is 6. The number of nitrogens with one attached hydrogen (secondary N) is 1. The van der Waals surface area contributed by atoms with Crippen molar-refractivity contribution in [3.05, 3.63) is 74.9 Å². The molecule has 0 atom stereocenters. The standard InChI is InChI=1S/C17H13N3O4S/c1-11-5-2-3-7-13(11)18-17-19-16(21)14(25-17)8-4-6-12-9-10-15(24-12)20(22)23/h2-10H,1H3,(H,18,19,21)/b6-4+,14-8-. The molecule has 1 fully saturated rings. The minimum atomic E-state index is -0.607. The van der Waals surface area contributed by atoms with E-state index < -0.39 is 4.92 Å². The zero-order chi connectivity index (χ0) is 17.8. The van der Waals surface area contributed by atoms with E-state index in [4.69, 9.17) is 4.42 Å². The number of allylic oxidation sites excluding steroid dienone is 2. The predicted molar refractivity (Wildman–Crippen MR) is 96.5 cm³/mol. The summed E-state index contributed by atoms with van der Waals surface area (Å²) in [6, 6.07) is 10.4. The van der Waals surface area contributed by atoms with Gasteiger partial charge >= 0.3 is 5.88 Å². The van der Waals surface area contributed by atoms with Gasteiger partial charge in [-0.3, -0.25) is 14.9 Å². The van der Waals surface area contributed by atoms with Crippen molar-refractivity contribution in [2.45, 2.75) is 6.92 Å². The summed E-state index contributed by atoms with van der Waals surface area (Å²) in [5, 5.41) is 13.8. The van der Waals surface area contributed by atoms with Gasteiger partial charge in [0.2, 0.25) is 0 Å². The van der Waals surface area contributed by atoms with Crippen LogP contribution in [0.2, 0.25) is 0 Å². The molecule has 0 bridgehead atoms. The summed E-state index contributed by atoms with van der Waals surface area (Å²) in [6.07, 6.45) is 4.75. The van der Waals surface area contributed by atoms with Crippen LogP contribution in [0.1, 0.15) is 11.3 Å². The van der Waals surface area contributed by atoms with Gasteiger partial charge in [-0.25, -0.2) is 4.99 Å². The van der Waals surface area contributed by atoms with Crippen LogP contribution >= 0.6 is 11.8 Å². The second kappa shape index (κ2) is 7.18. The predicted octanol–water partition coefficient (Wildman–Crippen LogP) is 3.94. The lowest BCUT2D eigenvalue weighted by Gasteiger charge is -1.99. The molecule has 0 saturated carbocycles. The van der Waals surface area contributed by atoms with E-state index in [0.29, 0.717) is 15.8 Å². The number of aryl methyl sites for hydroxylation is 1.